The van der Waals surface area contributed by atoms with E-state index in [1.165, 1.54) is 6.92 Å². The molecule has 1 atom stereocenters. The number of hydrogen-bond donors (Lipinski definition) is 1. The van der Waals surface area contributed by atoms with Crippen LogP contribution in [-0.4, -0.2) is 26.7 Å². The summed E-state index contributed by atoms with van der Waals surface area (Å²) in [7, 11) is 1.87. The first-order chi connectivity index (χ1) is 6.50. The van der Waals surface area contributed by atoms with Crippen LogP contribution in [0.3, 0.4) is 0 Å². The molecule has 1 unspecified atom stereocenters. The quantitative estimate of drug-likeness (QED) is 0.868. The lowest BCUT2D eigenvalue weighted by Crippen LogP contribution is -2.32. The van der Waals surface area contributed by atoms with Crippen LogP contribution in [0.1, 0.15) is 19.7 Å². The van der Waals surface area contributed by atoms with Gasteiger partial charge in [-0.25, -0.2) is 0 Å². The van der Waals surface area contributed by atoms with E-state index in [2.05, 4.69) is 31.4 Å². The monoisotopic (exact) mass is 260 g/mol. The van der Waals surface area contributed by atoms with Crippen molar-refractivity contribution in [2.24, 2.45) is 7.05 Å². The first-order valence-electron chi connectivity index (χ1n) is 4.31. The highest BCUT2D eigenvalue weighted by atomic mass is 79.9. The molecule has 0 aliphatic rings. The molecule has 0 aliphatic heterocycles. The molecule has 1 N–H and O–H groups in total. The van der Waals surface area contributed by atoms with Gasteiger partial charge in [-0.15, -0.1) is 10.2 Å². The summed E-state index contributed by atoms with van der Waals surface area (Å²) >= 11 is 3.26. The van der Waals surface area contributed by atoms with E-state index in [-0.39, 0.29) is 11.9 Å². The molecule has 5 nitrogen and oxygen atoms in total. The third-order valence-electron chi connectivity index (χ3n) is 1.85. The first-order valence-corrected chi connectivity index (χ1v) is 5.11. The van der Waals surface area contributed by atoms with Crippen LogP contribution < -0.4 is 5.32 Å². The van der Waals surface area contributed by atoms with Crippen molar-refractivity contribution in [3.05, 3.63) is 10.6 Å². The zero-order valence-electron chi connectivity index (χ0n) is 8.41. The number of carbonyl (C=O) groups is 1. The predicted octanol–water partition coefficient (Wildman–Crippen LogP) is 0.645. The van der Waals surface area contributed by atoms with Crippen molar-refractivity contribution in [2.75, 3.05) is 0 Å². The lowest BCUT2D eigenvalue weighted by atomic mass is 10.2. The van der Waals surface area contributed by atoms with Crippen molar-refractivity contribution in [2.45, 2.75) is 26.3 Å². The van der Waals surface area contributed by atoms with Gasteiger partial charge in [0.25, 0.3) is 0 Å². The number of aromatic nitrogens is 3. The third kappa shape index (κ3) is 2.80. The van der Waals surface area contributed by atoms with Crippen LogP contribution in [0.15, 0.2) is 4.73 Å². The van der Waals surface area contributed by atoms with E-state index >= 15 is 0 Å². The molecule has 1 rings (SSSR count). The topological polar surface area (TPSA) is 59.8 Å². The third-order valence-corrected chi connectivity index (χ3v) is 2.54. The highest BCUT2D eigenvalue weighted by Crippen LogP contribution is 2.07. The normalized spacial score (nSPS) is 12.6. The van der Waals surface area contributed by atoms with E-state index in [1.807, 2.05) is 18.5 Å². The Morgan fingerprint density at radius 3 is 2.71 bits per heavy atom. The van der Waals surface area contributed by atoms with Crippen LogP contribution in [0.5, 0.6) is 0 Å². The predicted molar refractivity (Wildman–Crippen MR) is 55.7 cm³/mol. The smallest absolute Gasteiger partial charge is 0.217 e. The van der Waals surface area contributed by atoms with Crippen molar-refractivity contribution in [1.82, 2.24) is 20.1 Å². The largest absolute Gasteiger partial charge is 0.353 e. The Labute approximate surface area is 91.0 Å². The van der Waals surface area contributed by atoms with E-state index in [0.717, 1.165) is 5.82 Å². The molecular weight excluding hydrogens is 248 g/mol. The molecule has 0 bridgehead atoms. The minimum atomic E-state index is -0.0289. The highest BCUT2D eigenvalue weighted by Gasteiger charge is 2.10. The standard InChI is InChI=1S/C8H13BrN4O/c1-5(10-6(2)14)4-7-11-12-8(9)13(7)3/h5H,4H2,1-3H3,(H,10,14). The molecule has 0 aliphatic carbocycles. The Kier molecular flexibility index (Phi) is 3.62. The second-order valence-electron chi connectivity index (χ2n) is 3.25. The Morgan fingerprint density at radius 2 is 2.29 bits per heavy atom. The second-order valence-corrected chi connectivity index (χ2v) is 3.96. The maximum absolute atomic E-state index is 10.8. The second kappa shape index (κ2) is 4.54. The molecule has 6 heteroatoms. The highest BCUT2D eigenvalue weighted by molar-refractivity contribution is 9.10. The summed E-state index contributed by atoms with van der Waals surface area (Å²) in [5, 5.41) is 10.6. The Balaban J connectivity index is 2.60. The van der Waals surface area contributed by atoms with E-state index in [0.29, 0.717) is 11.2 Å². The Bertz CT molecular complexity index is 336. The lowest BCUT2D eigenvalue weighted by molar-refractivity contribution is -0.119. The van der Waals surface area contributed by atoms with Crippen molar-refractivity contribution in [3.8, 4) is 0 Å². The van der Waals surface area contributed by atoms with Crippen molar-refractivity contribution >= 4 is 21.8 Å². The summed E-state index contributed by atoms with van der Waals surface area (Å²) in [6, 6.07) is 0.0716. The number of rotatable bonds is 3. The molecule has 0 radical (unpaired) electrons. The molecule has 1 aromatic heterocycles. The average Bonchev–Trinajstić information content (AvgIpc) is 2.34. The molecule has 0 spiro atoms. The summed E-state index contributed by atoms with van der Waals surface area (Å²) in [4.78, 5) is 10.8. The van der Waals surface area contributed by atoms with Gasteiger partial charge >= 0.3 is 0 Å². The fourth-order valence-electron chi connectivity index (χ4n) is 1.19. The van der Waals surface area contributed by atoms with Gasteiger partial charge in [0.2, 0.25) is 5.91 Å². The van der Waals surface area contributed by atoms with E-state index in [9.17, 15) is 4.79 Å². The molecule has 1 amide bonds. The Morgan fingerprint density at radius 1 is 1.64 bits per heavy atom. The number of nitrogens with one attached hydrogen (secondary N) is 1. The van der Waals surface area contributed by atoms with E-state index in [1.54, 1.807) is 0 Å². The molecule has 78 valence electrons. The SMILES string of the molecule is CC(=O)NC(C)Cc1nnc(Br)n1C. The van der Waals surface area contributed by atoms with Crippen LogP contribution >= 0.6 is 15.9 Å². The number of carbonyl (C=O) groups excluding carboxylic acids is 1. The number of halogens is 1. The van der Waals surface area contributed by atoms with Crippen molar-refractivity contribution in [1.29, 1.82) is 0 Å². The zero-order chi connectivity index (χ0) is 10.7. The van der Waals surface area contributed by atoms with Crippen LogP contribution in [0.4, 0.5) is 0 Å². The van der Waals surface area contributed by atoms with E-state index in [4.69, 9.17) is 0 Å². The van der Waals surface area contributed by atoms with Gasteiger partial charge in [0.15, 0.2) is 4.73 Å². The van der Waals surface area contributed by atoms with Gasteiger partial charge in [0.1, 0.15) is 5.82 Å². The fraction of sp³-hybridized carbons (Fsp3) is 0.625. The van der Waals surface area contributed by atoms with Gasteiger partial charge in [0.05, 0.1) is 0 Å². The van der Waals surface area contributed by atoms with Crippen LogP contribution in [0, 0.1) is 0 Å². The molecule has 14 heavy (non-hydrogen) atoms. The van der Waals surface area contributed by atoms with Crippen LogP contribution in [-0.2, 0) is 18.3 Å². The summed E-state index contributed by atoms with van der Waals surface area (Å²) in [5.41, 5.74) is 0. The molecule has 0 saturated carbocycles. The summed E-state index contributed by atoms with van der Waals surface area (Å²) in [5.74, 6) is 0.817. The average molecular weight is 261 g/mol. The van der Waals surface area contributed by atoms with Gasteiger partial charge in [-0.2, -0.15) is 0 Å². The molecule has 0 fully saturated rings. The maximum Gasteiger partial charge on any atom is 0.217 e. The van der Waals surface area contributed by atoms with Crippen LogP contribution in [0.2, 0.25) is 0 Å². The van der Waals surface area contributed by atoms with Gasteiger partial charge in [-0.1, -0.05) is 0 Å². The number of hydrogen-bond acceptors (Lipinski definition) is 3. The Hall–Kier alpha value is -0.910. The molecule has 0 saturated heterocycles. The van der Waals surface area contributed by atoms with Crippen molar-refractivity contribution < 1.29 is 4.79 Å². The molecule has 1 heterocycles. The maximum atomic E-state index is 10.8. The number of nitrogens with zero attached hydrogens (tertiary/aromatic N) is 3. The molecule has 1 aromatic rings. The minimum absolute atomic E-state index is 0.0289. The van der Waals surface area contributed by atoms with Crippen molar-refractivity contribution in [3.63, 3.8) is 0 Å². The van der Waals surface area contributed by atoms with Gasteiger partial charge in [-0.3, -0.25) is 4.79 Å². The first kappa shape index (κ1) is 11.2. The van der Waals surface area contributed by atoms with Crippen LogP contribution in [0.25, 0.3) is 0 Å². The molecular formula is C8H13BrN4O. The van der Waals surface area contributed by atoms with E-state index < -0.39 is 0 Å². The van der Waals surface area contributed by atoms with Gasteiger partial charge in [-0.05, 0) is 22.9 Å². The molecule has 0 aromatic carbocycles. The lowest BCUT2D eigenvalue weighted by Gasteiger charge is -2.11. The fourth-order valence-corrected chi connectivity index (χ4v) is 1.47. The summed E-state index contributed by atoms with van der Waals surface area (Å²) in [6.45, 7) is 3.44. The summed E-state index contributed by atoms with van der Waals surface area (Å²) in [6.07, 6.45) is 0.675. The summed E-state index contributed by atoms with van der Waals surface area (Å²) < 4.78 is 2.54. The minimum Gasteiger partial charge on any atom is -0.353 e. The van der Waals surface area contributed by atoms with Gasteiger partial charge < -0.3 is 9.88 Å². The van der Waals surface area contributed by atoms with Gasteiger partial charge in [0, 0.05) is 26.4 Å². The zero-order valence-corrected chi connectivity index (χ0v) is 10.00. The number of amides is 1.